The molecule has 128 valence electrons. The number of hydrogen-bond donors (Lipinski definition) is 1. The Balaban J connectivity index is 2.40. The van der Waals surface area contributed by atoms with Crippen LogP contribution in [0.25, 0.3) is 0 Å². The summed E-state index contributed by atoms with van der Waals surface area (Å²) in [6.07, 6.45) is 0. The van der Waals surface area contributed by atoms with Crippen molar-refractivity contribution in [1.82, 2.24) is 10.2 Å². The third-order valence-electron chi connectivity index (χ3n) is 3.38. The fraction of sp³-hybridized carbons (Fsp3) is 0.438. The van der Waals surface area contributed by atoms with Gasteiger partial charge in [0.25, 0.3) is 5.13 Å². The molecule has 2 aromatic rings. The molecule has 0 aliphatic heterocycles. The van der Waals surface area contributed by atoms with E-state index in [2.05, 4.69) is 53.0 Å². The predicted octanol–water partition coefficient (Wildman–Crippen LogP) is 4.58. The Morgan fingerprint density at radius 1 is 1.17 bits per heavy atom. The summed E-state index contributed by atoms with van der Waals surface area (Å²) in [6, 6.07) is 5.69. The molecule has 0 radical (unpaired) electrons. The summed E-state index contributed by atoms with van der Waals surface area (Å²) in [5, 5.41) is 26.4. The highest BCUT2D eigenvalue weighted by Crippen LogP contribution is 2.30. The molecular formula is C16H21N5O2S. The van der Waals surface area contributed by atoms with Gasteiger partial charge in [0, 0.05) is 17.8 Å². The number of carboxylic acid groups (broad SMARTS) is 1. The topological polar surface area (TPSA) is 91.0 Å². The molecule has 1 N–H and O–H groups in total. The Hall–Kier alpha value is -2.35. The maximum Gasteiger partial charge on any atom is 0.338 e. The number of azo groups is 1. The van der Waals surface area contributed by atoms with Crippen molar-refractivity contribution in [2.45, 2.75) is 46.7 Å². The lowest BCUT2D eigenvalue weighted by Crippen LogP contribution is -2.37. The van der Waals surface area contributed by atoms with Crippen molar-refractivity contribution in [3.05, 3.63) is 28.8 Å². The van der Waals surface area contributed by atoms with Crippen LogP contribution in [-0.4, -0.2) is 33.4 Å². The largest absolute Gasteiger partial charge is 0.478 e. The lowest BCUT2D eigenvalue weighted by molar-refractivity contribution is 0.0697. The zero-order valence-corrected chi connectivity index (χ0v) is 15.2. The standard InChI is InChI=1S/C16H21N5O2S/c1-9(2)21(10(3)4)12-6-7-14(13(8-12)15(22)23)18-20-16-19-17-11(5)24-16/h6-10H,1-5H3,(H,22,23). The average molecular weight is 347 g/mol. The van der Waals surface area contributed by atoms with Gasteiger partial charge in [-0.15, -0.1) is 20.4 Å². The fourth-order valence-corrected chi connectivity index (χ4v) is 3.07. The molecule has 0 saturated heterocycles. The van der Waals surface area contributed by atoms with Gasteiger partial charge in [-0.2, -0.15) is 0 Å². The van der Waals surface area contributed by atoms with Crippen molar-refractivity contribution in [2.75, 3.05) is 4.90 Å². The smallest absolute Gasteiger partial charge is 0.338 e. The number of nitrogens with zero attached hydrogens (tertiary/aromatic N) is 5. The van der Waals surface area contributed by atoms with Crippen LogP contribution in [0.3, 0.4) is 0 Å². The molecule has 0 spiro atoms. The van der Waals surface area contributed by atoms with Gasteiger partial charge in [-0.25, -0.2) is 4.79 Å². The number of aromatic carboxylic acids is 1. The maximum atomic E-state index is 11.6. The first kappa shape index (κ1) is 18.0. The second-order valence-corrected chi connectivity index (χ2v) is 7.07. The van der Waals surface area contributed by atoms with Gasteiger partial charge in [0.1, 0.15) is 10.7 Å². The first-order valence-electron chi connectivity index (χ1n) is 7.67. The van der Waals surface area contributed by atoms with E-state index in [-0.39, 0.29) is 17.6 Å². The van der Waals surface area contributed by atoms with E-state index in [0.29, 0.717) is 10.8 Å². The molecular weight excluding hydrogens is 326 g/mol. The monoisotopic (exact) mass is 347 g/mol. The first-order valence-corrected chi connectivity index (χ1v) is 8.48. The minimum Gasteiger partial charge on any atom is -0.478 e. The van der Waals surface area contributed by atoms with E-state index < -0.39 is 5.97 Å². The summed E-state index contributed by atoms with van der Waals surface area (Å²) in [6.45, 7) is 10.1. The molecule has 0 atom stereocenters. The Kier molecular flexibility index (Phi) is 5.61. The van der Waals surface area contributed by atoms with Gasteiger partial charge in [0.05, 0.1) is 5.56 Å². The number of carbonyl (C=O) groups is 1. The molecule has 0 bridgehead atoms. The average Bonchev–Trinajstić information content (AvgIpc) is 2.90. The van der Waals surface area contributed by atoms with Crippen molar-refractivity contribution in [3.8, 4) is 0 Å². The van der Waals surface area contributed by atoms with Gasteiger partial charge in [0.2, 0.25) is 0 Å². The summed E-state index contributed by atoms with van der Waals surface area (Å²) < 4.78 is 0. The zero-order valence-electron chi connectivity index (χ0n) is 14.4. The van der Waals surface area contributed by atoms with Crippen LogP contribution in [0.4, 0.5) is 16.5 Å². The zero-order chi connectivity index (χ0) is 17.9. The predicted molar refractivity (Wildman–Crippen MR) is 95.0 cm³/mol. The van der Waals surface area contributed by atoms with Gasteiger partial charge in [-0.3, -0.25) is 0 Å². The molecule has 0 fully saturated rings. The van der Waals surface area contributed by atoms with Gasteiger partial charge < -0.3 is 10.0 Å². The highest BCUT2D eigenvalue weighted by atomic mass is 32.1. The highest BCUT2D eigenvalue weighted by molar-refractivity contribution is 7.14. The Morgan fingerprint density at radius 2 is 1.83 bits per heavy atom. The Labute approximate surface area is 145 Å². The number of hydrogen-bond acceptors (Lipinski definition) is 7. The maximum absolute atomic E-state index is 11.6. The molecule has 1 heterocycles. The molecule has 24 heavy (non-hydrogen) atoms. The van der Waals surface area contributed by atoms with Crippen LogP contribution in [0.2, 0.25) is 0 Å². The quantitative estimate of drug-likeness (QED) is 0.772. The lowest BCUT2D eigenvalue weighted by atomic mass is 10.1. The number of aryl methyl sites for hydroxylation is 1. The molecule has 0 saturated carbocycles. The van der Waals surface area contributed by atoms with E-state index >= 15 is 0 Å². The van der Waals surface area contributed by atoms with E-state index in [4.69, 9.17) is 0 Å². The molecule has 0 aliphatic carbocycles. The van der Waals surface area contributed by atoms with Gasteiger partial charge in [0.15, 0.2) is 0 Å². The minimum atomic E-state index is -1.04. The van der Waals surface area contributed by atoms with Gasteiger partial charge >= 0.3 is 5.97 Å². The number of rotatable bonds is 6. The summed E-state index contributed by atoms with van der Waals surface area (Å²) in [5.74, 6) is -1.04. The van der Waals surface area contributed by atoms with Crippen LogP contribution in [0.1, 0.15) is 43.1 Å². The molecule has 1 aromatic carbocycles. The van der Waals surface area contributed by atoms with Crippen LogP contribution >= 0.6 is 11.3 Å². The van der Waals surface area contributed by atoms with E-state index in [1.807, 2.05) is 13.0 Å². The Morgan fingerprint density at radius 3 is 2.33 bits per heavy atom. The third-order valence-corrected chi connectivity index (χ3v) is 4.10. The molecule has 0 unspecified atom stereocenters. The van der Waals surface area contributed by atoms with Crippen molar-refractivity contribution < 1.29 is 9.90 Å². The lowest BCUT2D eigenvalue weighted by Gasteiger charge is -2.33. The van der Waals surface area contributed by atoms with Crippen molar-refractivity contribution >= 4 is 33.8 Å². The van der Waals surface area contributed by atoms with Crippen LogP contribution in [0.5, 0.6) is 0 Å². The van der Waals surface area contributed by atoms with E-state index in [1.54, 1.807) is 12.1 Å². The molecule has 0 aliphatic rings. The number of aromatic nitrogens is 2. The summed E-state index contributed by atoms with van der Waals surface area (Å²) in [7, 11) is 0. The third kappa shape index (κ3) is 4.14. The SMILES string of the molecule is Cc1nnc(N=Nc2ccc(N(C(C)C)C(C)C)cc2C(=O)O)s1. The normalized spacial score (nSPS) is 11.6. The molecule has 1 aromatic heterocycles. The fourth-order valence-electron chi connectivity index (χ4n) is 2.56. The summed E-state index contributed by atoms with van der Waals surface area (Å²) >= 11 is 1.30. The van der Waals surface area contributed by atoms with Gasteiger partial charge in [-0.05, 0) is 52.8 Å². The summed E-state index contributed by atoms with van der Waals surface area (Å²) in [5.41, 5.74) is 1.26. The highest BCUT2D eigenvalue weighted by Gasteiger charge is 2.18. The second kappa shape index (κ2) is 7.48. The number of anilines is 1. The van der Waals surface area contributed by atoms with E-state index in [1.165, 1.54) is 11.3 Å². The van der Waals surface area contributed by atoms with Gasteiger partial charge in [-0.1, -0.05) is 11.3 Å². The second-order valence-electron chi connectivity index (χ2n) is 5.91. The number of carboxylic acids is 1. The van der Waals surface area contributed by atoms with E-state index in [0.717, 1.165) is 10.7 Å². The van der Waals surface area contributed by atoms with E-state index in [9.17, 15) is 9.90 Å². The van der Waals surface area contributed by atoms with Crippen molar-refractivity contribution in [3.63, 3.8) is 0 Å². The van der Waals surface area contributed by atoms with Crippen molar-refractivity contribution in [1.29, 1.82) is 0 Å². The van der Waals surface area contributed by atoms with Crippen molar-refractivity contribution in [2.24, 2.45) is 10.2 Å². The summed E-state index contributed by atoms with van der Waals surface area (Å²) in [4.78, 5) is 13.8. The number of benzene rings is 1. The molecule has 8 heteroatoms. The van der Waals surface area contributed by atoms with Crippen LogP contribution in [0, 0.1) is 6.92 Å². The molecule has 2 rings (SSSR count). The van der Waals surface area contributed by atoms with Crippen LogP contribution < -0.4 is 4.90 Å². The molecule has 0 amide bonds. The molecule has 7 nitrogen and oxygen atoms in total. The Bertz CT molecular complexity index is 747. The first-order chi connectivity index (χ1) is 11.3. The van der Waals surface area contributed by atoms with Crippen LogP contribution in [0.15, 0.2) is 28.4 Å². The minimum absolute atomic E-state index is 0.115. The van der Waals surface area contributed by atoms with Crippen LogP contribution in [-0.2, 0) is 0 Å².